The Bertz CT molecular complexity index is 665. The molecule has 0 saturated carbocycles. The largest absolute Gasteiger partial charge is 0.477 e. The van der Waals surface area contributed by atoms with E-state index >= 15 is 0 Å². The Kier molecular flexibility index (Phi) is 6.23. The van der Waals surface area contributed by atoms with E-state index in [0.717, 1.165) is 29.4 Å². The van der Waals surface area contributed by atoms with E-state index < -0.39 is 7.14 Å². The molecule has 0 aliphatic carbocycles. The van der Waals surface area contributed by atoms with Crippen LogP contribution in [0.4, 0.5) is 5.69 Å². The van der Waals surface area contributed by atoms with Crippen LogP contribution in [0.3, 0.4) is 0 Å². The van der Waals surface area contributed by atoms with E-state index in [0.29, 0.717) is 19.0 Å². The maximum absolute atomic E-state index is 12.0. The summed E-state index contributed by atoms with van der Waals surface area (Å²) in [6.07, 6.45) is 3.88. The molecule has 1 aromatic carbocycles. The molecule has 0 aliphatic heterocycles. The minimum Gasteiger partial charge on any atom is -0.477 e. The average molecular weight is 332 g/mol. The molecule has 0 fully saturated rings. The zero-order valence-electron chi connectivity index (χ0n) is 14.1. The van der Waals surface area contributed by atoms with Crippen molar-refractivity contribution in [1.82, 2.24) is 4.98 Å². The average Bonchev–Trinajstić information content (AvgIpc) is 2.54. The van der Waals surface area contributed by atoms with Gasteiger partial charge in [0.2, 0.25) is 5.88 Å². The molecule has 0 unspecified atom stereocenters. The fraction of sp³-hybridized carbons (Fsp3) is 0.389. The maximum Gasteiger partial charge on any atom is 0.218 e. The standard InChI is InChI=1S/C18H25N2O2P/c1-4-5-13-22-18-15(7-6-12-19-18)14-20-16-8-10-17(11-9-16)23(2,3)21/h6-12,20H,4-5,13-14H2,1-3H3. The van der Waals surface area contributed by atoms with Gasteiger partial charge in [-0.05, 0) is 50.1 Å². The zero-order valence-corrected chi connectivity index (χ0v) is 15.0. The van der Waals surface area contributed by atoms with Gasteiger partial charge in [0.15, 0.2) is 0 Å². The molecule has 0 spiro atoms. The molecule has 2 rings (SSSR count). The number of unbranched alkanes of at least 4 members (excludes halogenated alkanes) is 1. The Morgan fingerprint density at radius 3 is 2.57 bits per heavy atom. The van der Waals surface area contributed by atoms with Crippen LogP contribution in [-0.4, -0.2) is 24.9 Å². The summed E-state index contributed by atoms with van der Waals surface area (Å²) in [5, 5.41) is 4.26. The van der Waals surface area contributed by atoms with Crippen LogP contribution in [0.5, 0.6) is 5.88 Å². The molecule has 0 bridgehead atoms. The molecular weight excluding hydrogens is 307 g/mol. The summed E-state index contributed by atoms with van der Waals surface area (Å²) in [5.41, 5.74) is 2.02. The molecule has 1 heterocycles. The Balaban J connectivity index is 1.99. The monoisotopic (exact) mass is 332 g/mol. The molecule has 0 radical (unpaired) electrons. The second kappa shape index (κ2) is 8.16. The van der Waals surface area contributed by atoms with Crippen molar-refractivity contribution >= 4 is 18.1 Å². The van der Waals surface area contributed by atoms with Crippen molar-refractivity contribution in [3.63, 3.8) is 0 Å². The number of benzene rings is 1. The lowest BCUT2D eigenvalue weighted by Crippen LogP contribution is -2.07. The van der Waals surface area contributed by atoms with E-state index in [9.17, 15) is 4.57 Å². The highest BCUT2D eigenvalue weighted by molar-refractivity contribution is 7.70. The van der Waals surface area contributed by atoms with Gasteiger partial charge in [-0.1, -0.05) is 19.4 Å². The normalized spacial score (nSPS) is 11.3. The van der Waals surface area contributed by atoms with Crippen molar-refractivity contribution in [2.75, 3.05) is 25.3 Å². The molecule has 2 aromatic rings. The second-order valence-corrected chi connectivity index (χ2v) is 9.14. The highest BCUT2D eigenvalue weighted by Gasteiger charge is 2.10. The van der Waals surface area contributed by atoms with Crippen LogP contribution in [0.15, 0.2) is 42.6 Å². The lowest BCUT2D eigenvalue weighted by atomic mass is 10.2. The Labute approximate surface area is 138 Å². The summed E-state index contributed by atoms with van der Waals surface area (Å²) in [4.78, 5) is 4.31. The fourth-order valence-corrected chi connectivity index (χ4v) is 3.00. The molecule has 124 valence electrons. The number of anilines is 1. The van der Waals surface area contributed by atoms with Crippen LogP contribution in [0.1, 0.15) is 25.3 Å². The van der Waals surface area contributed by atoms with E-state index in [4.69, 9.17) is 4.74 Å². The van der Waals surface area contributed by atoms with Crippen molar-refractivity contribution in [2.24, 2.45) is 0 Å². The van der Waals surface area contributed by atoms with Crippen LogP contribution < -0.4 is 15.4 Å². The van der Waals surface area contributed by atoms with Crippen LogP contribution in [0.25, 0.3) is 0 Å². The lowest BCUT2D eigenvalue weighted by molar-refractivity contribution is 0.295. The summed E-state index contributed by atoms with van der Waals surface area (Å²) in [6.45, 7) is 7.04. The third kappa shape index (κ3) is 5.40. The van der Waals surface area contributed by atoms with Gasteiger partial charge < -0.3 is 14.6 Å². The summed E-state index contributed by atoms with van der Waals surface area (Å²) in [6, 6.07) is 11.7. The number of nitrogens with zero attached hydrogens (tertiary/aromatic N) is 1. The number of ether oxygens (including phenoxy) is 1. The minimum absolute atomic E-state index is 0.643. The fourth-order valence-electron chi connectivity index (χ4n) is 2.14. The van der Waals surface area contributed by atoms with Gasteiger partial charge in [0, 0.05) is 29.3 Å². The first kappa shape index (κ1) is 17.6. The Morgan fingerprint density at radius 1 is 1.17 bits per heavy atom. The van der Waals surface area contributed by atoms with Crippen molar-refractivity contribution < 1.29 is 9.30 Å². The SMILES string of the molecule is CCCCOc1ncccc1CNc1ccc(P(C)(C)=O)cc1. The van der Waals surface area contributed by atoms with Gasteiger partial charge in [-0.15, -0.1) is 0 Å². The number of pyridine rings is 1. The van der Waals surface area contributed by atoms with Crippen molar-refractivity contribution in [1.29, 1.82) is 0 Å². The zero-order chi connectivity index (χ0) is 16.7. The number of aromatic nitrogens is 1. The third-order valence-electron chi connectivity index (χ3n) is 3.56. The number of rotatable bonds is 8. The molecular formula is C18H25N2O2P. The summed E-state index contributed by atoms with van der Waals surface area (Å²) in [7, 11) is -2.20. The molecule has 1 aromatic heterocycles. The van der Waals surface area contributed by atoms with E-state index in [2.05, 4.69) is 17.2 Å². The van der Waals surface area contributed by atoms with Gasteiger partial charge in [-0.3, -0.25) is 0 Å². The first-order chi connectivity index (χ1) is 11.0. The molecule has 0 aliphatic rings. The Hall–Kier alpha value is -1.80. The predicted molar refractivity (Wildman–Crippen MR) is 97.5 cm³/mol. The first-order valence-electron chi connectivity index (χ1n) is 7.97. The highest BCUT2D eigenvalue weighted by Crippen LogP contribution is 2.34. The number of hydrogen-bond acceptors (Lipinski definition) is 4. The van der Waals surface area contributed by atoms with Crippen molar-refractivity contribution in [3.8, 4) is 5.88 Å². The van der Waals surface area contributed by atoms with E-state index in [1.165, 1.54) is 0 Å². The third-order valence-corrected chi connectivity index (χ3v) is 5.10. The molecule has 5 heteroatoms. The smallest absolute Gasteiger partial charge is 0.218 e. The second-order valence-electron chi connectivity index (χ2n) is 5.92. The van der Waals surface area contributed by atoms with Gasteiger partial charge in [0.05, 0.1) is 6.61 Å². The van der Waals surface area contributed by atoms with Crippen molar-refractivity contribution in [3.05, 3.63) is 48.2 Å². The predicted octanol–water partition coefficient (Wildman–Crippen LogP) is 4.12. The van der Waals surface area contributed by atoms with E-state index in [-0.39, 0.29) is 0 Å². The molecule has 1 N–H and O–H groups in total. The number of hydrogen-bond donors (Lipinski definition) is 1. The Morgan fingerprint density at radius 2 is 1.91 bits per heavy atom. The van der Waals surface area contributed by atoms with Crippen LogP contribution in [0, 0.1) is 0 Å². The molecule has 23 heavy (non-hydrogen) atoms. The lowest BCUT2D eigenvalue weighted by Gasteiger charge is -2.12. The van der Waals surface area contributed by atoms with Crippen LogP contribution >= 0.6 is 7.14 Å². The van der Waals surface area contributed by atoms with Gasteiger partial charge >= 0.3 is 0 Å². The van der Waals surface area contributed by atoms with Crippen molar-refractivity contribution in [2.45, 2.75) is 26.3 Å². The first-order valence-corrected chi connectivity index (χ1v) is 10.6. The van der Waals surface area contributed by atoms with E-state index in [1.54, 1.807) is 19.5 Å². The molecule has 0 amide bonds. The summed E-state index contributed by atoms with van der Waals surface area (Å²) < 4.78 is 17.8. The van der Waals surface area contributed by atoms with Gasteiger partial charge in [-0.2, -0.15) is 0 Å². The van der Waals surface area contributed by atoms with Gasteiger partial charge in [0.1, 0.15) is 7.14 Å². The molecule has 0 saturated heterocycles. The highest BCUT2D eigenvalue weighted by atomic mass is 31.2. The summed E-state index contributed by atoms with van der Waals surface area (Å²) >= 11 is 0. The topological polar surface area (TPSA) is 51.2 Å². The summed E-state index contributed by atoms with van der Waals surface area (Å²) in [5.74, 6) is 0.691. The maximum atomic E-state index is 12.0. The minimum atomic E-state index is -2.20. The quantitative estimate of drug-likeness (QED) is 0.583. The molecule has 0 atom stereocenters. The number of nitrogens with one attached hydrogen (secondary N) is 1. The molecule has 4 nitrogen and oxygen atoms in total. The van der Waals surface area contributed by atoms with E-state index in [1.807, 2.05) is 36.4 Å². The van der Waals surface area contributed by atoms with Gasteiger partial charge in [-0.25, -0.2) is 4.98 Å². The van der Waals surface area contributed by atoms with Crippen LogP contribution in [-0.2, 0) is 11.1 Å². The van der Waals surface area contributed by atoms with Gasteiger partial charge in [0.25, 0.3) is 0 Å². The van der Waals surface area contributed by atoms with Crippen LogP contribution in [0.2, 0.25) is 0 Å².